The Bertz CT molecular complexity index is 390. The summed E-state index contributed by atoms with van der Waals surface area (Å²) in [7, 11) is 0. The van der Waals surface area contributed by atoms with E-state index >= 15 is 0 Å². The van der Waals surface area contributed by atoms with Gasteiger partial charge in [0.05, 0.1) is 0 Å². The quantitative estimate of drug-likeness (QED) is 0.871. The van der Waals surface area contributed by atoms with Crippen LogP contribution in [0.3, 0.4) is 0 Å². The van der Waals surface area contributed by atoms with E-state index in [2.05, 4.69) is 24.0 Å². The Balaban J connectivity index is 2.10. The molecule has 0 bridgehead atoms. The third-order valence-corrected chi connectivity index (χ3v) is 3.75. The van der Waals surface area contributed by atoms with Crippen LogP contribution >= 0.6 is 0 Å². The fraction of sp³-hybridized carbons (Fsp3) is 0.500. The minimum atomic E-state index is -0.731. The monoisotopic (exact) mass is 233 g/mol. The molecule has 1 N–H and O–H groups in total. The molecule has 1 aliphatic heterocycles. The second kappa shape index (κ2) is 4.88. The molecule has 0 amide bonds. The Hall–Kier alpha value is -1.35. The van der Waals surface area contributed by atoms with Gasteiger partial charge >= 0.3 is 5.97 Å². The highest BCUT2D eigenvalue weighted by Gasteiger charge is 2.35. The number of nitrogens with zero attached hydrogens (tertiary/aromatic N) is 1. The largest absolute Gasteiger partial charge is 0.480 e. The number of hydrogen-bond donors (Lipinski definition) is 1. The van der Waals surface area contributed by atoms with Crippen LogP contribution in [0.25, 0.3) is 0 Å². The third kappa shape index (κ3) is 2.50. The fourth-order valence-electron chi connectivity index (χ4n) is 2.70. The highest BCUT2D eigenvalue weighted by atomic mass is 16.4. The van der Waals surface area contributed by atoms with Crippen LogP contribution < -0.4 is 0 Å². The van der Waals surface area contributed by atoms with Gasteiger partial charge in [-0.1, -0.05) is 30.3 Å². The Morgan fingerprint density at radius 1 is 1.41 bits per heavy atom. The number of aliphatic carboxylic acids is 1. The van der Waals surface area contributed by atoms with Crippen LogP contribution in [0.4, 0.5) is 0 Å². The number of benzene rings is 1. The van der Waals surface area contributed by atoms with Gasteiger partial charge in [-0.25, -0.2) is 0 Å². The van der Waals surface area contributed by atoms with Crippen LogP contribution in [-0.2, 0) is 4.79 Å². The highest BCUT2D eigenvalue weighted by Crippen LogP contribution is 2.32. The lowest BCUT2D eigenvalue weighted by Crippen LogP contribution is -2.41. The van der Waals surface area contributed by atoms with Crippen LogP contribution in [0, 0.1) is 0 Å². The van der Waals surface area contributed by atoms with Crippen molar-refractivity contribution in [2.24, 2.45) is 0 Å². The van der Waals surface area contributed by atoms with Crippen LogP contribution in [0.1, 0.15) is 31.7 Å². The van der Waals surface area contributed by atoms with E-state index in [9.17, 15) is 4.79 Å². The van der Waals surface area contributed by atoms with E-state index in [1.54, 1.807) is 6.92 Å². The molecule has 0 aromatic heterocycles. The first-order valence-electron chi connectivity index (χ1n) is 6.13. The molecule has 92 valence electrons. The fourth-order valence-corrected chi connectivity index (χ4v) is 2.70. The summed E-state index contributed by atoms with van der Waals surface area (Å²) in [6, 6.07) is 10.3. The predicted molar refractivity (Wildman–Crippen MR) is 67.1 cm³/mol. The van der Waals surface area contributed by atoms with Gasteiger partial charge in [0.15, 0.2) is 0 Å². The van der Waals surface area contributed by atoms with Gasteiger partial charge in [-0.2, -0.15) is 0 Å². The van der Waals surface area contributed by atoms with Crippen molar-refractivity contribution in [3.8, 4) is 0 Å². The number of likely N-dealkylation sites (tertiary alicyclic amines) is 1. The Labute approximate surface area is 102 Å². The van der Waals surface area contributed by atoms with Crippen molar-refractivity contribution in [2.45, 2.75) is 38.3 Å². The Morgan fingerprint density at radius 2 is 2.06 bits per heavy atom. The lowest BCUT2D eigenvalue weighted by molar-refractivity contribution is -0.142. The van der Waals surface area contributed by atoms with Crippen molar-refractivity contribution in [3.05, 3.63) is 35.9 Å². The molecule has 0 saturated carbocycles. The zero-order valence-electron chi connectivity index (χ0n) is 10.3. The van der Waals surface area contributed by atoms with Crippen LogP contribution in [0.2, 0.25) is 0 Å². The van der Waals surface area contributed by atoms with E-state index in [1.807, 2.05) is 18.2 Å². The standard InChI is InChI=1S/C14H19NO2/c1-10-8-13(12-6-4-3-5-7-12)9-15(10)11(2)14(16)17/h3-7,10-11,13H,8-9H2,1-2H3,(H,16,17). The van der Waals surface area contributed by atoms with E-state index in [-0.39, 0.29) is 0 Å². The molecule has 1 aromatic carbocycles. The highest BCUT2D eigenvalue weighted by molar-refractivity contribution is 5.73. The van der Waals surface area contributed by atoms with E-state index in [0.717, 1.165) is 13.0 Å². The first kappa shape index (κ1) is 12.1. The first-order valence-corrected chi connectivity index (χ1v) is 6.13. The van der Waals surface area contributed by atoms with Gasteiger partial charge in [0, 0.05) is 12.6 Å². The van der Waals surface area contributed by atoms with Crippen molar-refractivity contribution in [1.82, 2.24) is 4.90 Å². The maximum absolute atomic E-state index is 11.0. The maximum atomic E-state index is 11.0. The summed E-state index contributed by atoms with van der Waals surface area (Å²) in [5.41, 5.74) is 1.32. The van der Waals surface area contributed by atoms with Crippen LogP contribution in [0.5, 0.6) is 0 Å². The number of carboxylic acids is 1. The van der Waals surface area contributed by atoms with E-state index in [4.69, 9.17) is 5.11 Å². The maximum Gasteiger partial charge on any atom is 0.320 e. The Morgan fingerprint density at radius 3 is 2.65 bits per heavy atom. The normalized spacial score (nSPS) is 26.9. The molecule has 0 spiro atoms. The summed E-state index contributed by atoms with van der Waals surface area (Å²) < 4.78 is 0. The minimum absolute atomic E-state index is 0.339. The number of carboxylic acid groups (broad SMARTS) is 1. The molecule has 1 fully saturated rings. The molecule has 3 unspecified atom stereocenters. The van der Waals surface area contributed by atoms with Gasteiger partial charge < -0.3 is 5.11 Å². The third-order valence-electron chi connectivity index (χ3n) is 3.75. The SMILES string of the molecule is CC1CC(c2ccccc2)CN1C(C)C(=O)O. The minimum Gasteiger partial charge on any atom is -0.480 e. The van der Waals surface area contributed by atoms with Crippen molar-refractivity contribution >= 4 is 5.97 Å². The van der Waals surface area contributed by atoms with Crippen molar-refractivity contribution < 1.29 is 9.90 Å². The molecular formula is C14H19NO2. The topological polar surface area (TPSA) is 40.5 Å². The lowest BCUT2D eigenvalue weighted by atomic mass is 9.97. The summed E-state index contributed by atoms with van der Waals surface area (Å²) in [5.74, 6) is -0.265. The number of carbonyl (C=O) groups is 1. The van der Waals surface area contributed by atoms with Gasteiger partial charge in [-0.3, -0.25) is 9.69 Å². The first-order chi connectivity index (χ1) is 8.09. The number of rotatable bonds is 3. The summed E-state index contributed by atoms with van der Waals surface area (Å²) in [6.45, 7) is 4.73. The summed E-state index contributed by atoms with van der Waals surface area (Å²) >= 11 is 0. The summed E-state index contributed by atoms with van der Waals surface area (Å²) in [4.78, 5) is 13.1. The van der Waals surface area contributed by atoms with Gasteiger partial charge in [0.1, 0.15) is 6.04 Å². The van der Waals surface area contributed by atoms with Crippen molar-refractivity contribution in [2.75, 3.05) is 6.54 Å². The summed E-state index contributed by atoms with van der Waals surface area (Å²) in [5, 5.41) is 9.08. The lowest BCUT2D eigenvalue weighted by Gasteiger charge is -2.25. The molecule has 2 rings (SSSR count). The second-order valence-corrected chi connectivity index (χ2v) is 4.90. The van der Waals surface area contributed by atoms with Crippen LogP contribution in [-0.4, -0.2) is 34.6 Å². The van der Waals surface area contributed by atoms with E-state index in [0.29, 0.717) is 12.0 Å². The average molecular weight is 233 g/mol. The molecule has 3 atom stereocenters. The van der Waals surface area contributed by atoms with E-state index in [1.165, 1.54) is 5.56 Å². The summed E-state index contributed by atoms with van der Waals surface area (Å²) in [6.07, 6.45) is 1.04. The molecule has 17 heavy (non-hydrogen) atoms. The zero-order valence-corrected chi connectivity index (χ0v) is 10.3. The molecule has 0 aliphatic carbocycles. The van der Waals surface area contributed by atoms with Crippen molar-refractivity contribution in [3.63, 3.8) is 0 Å². The van der Waals surface area contributed by atoms with Gasteiger partial charge in [-0.15, -0.1) is 0 Å². The molecule has 1 heterocycles. The molecular weight excluding hydrogens is 214 g/mol. The molecule has 1 aliphatic rings. The van der Waals surface area contributed by atoms with Gasteiger partial charge in [0.2, 0.25) is 0 Å². The molecule has 0 radical (unpaired) electrons. The molecule has 3 heteroatoms. The smallest absolute Gasteiger partial charge is 0.320 e. The zero-order chi connectivity index (χ0) is 12.4. The number of hydrogen-bond acceptors (Lipinski definition) is 2. The second-order valence-electron chi connectivity index (χ2n) is 4.90. The van der Waals surface area contributed by atoms with Gasteiger partial charge in [0.25, 0.3) is 0 Å². The predicted octanol–water partition coefficient (Wildman–Crippen LogP) is 2.34. The molecule has 1 aromatic rings. The molecule has 1 saturated heterocycles. The van der Waals surface area contributed by atoms with E-state index < -0.39 is 12.0 Å². The Kier molecular flexibility index (Phi) is 3.48. The average Bonchev–Trinajstić information content (AvgIpc) is 2.71. The molecule has 3 nitrogen and oxygen atoms in total. The van der Waals surface area contributed by atoms with Crippen molar-refractivity contribution in [1.29, 1.82) is 0 Å². The van der Waals surface area contributed by atoms with Gasteiger partial charge in [-0.05, 0) is 31.7 Å². The van der Waals surface area contributed by atoms with Crippen LogP contribution in [0.15, 0.2) is 30.3 Å².